The summed E-state index contributed by atoms with van der Waals surface area (Å²) < 4.78 is 14.0. The zero-order chi connectivity index (χ0) is 12.4. The number of likely N-dealkylation sites (tertiary alicyclic amines) is 1. The monoisotopic (exact) mass is 301 g/mol. The van der Waals surface area contributed by atoms with Gasteiger partial charge in [0.1, 0.15) is 5.82 Å². The first kappa shape index (κ1) is 12.5. The Morgan fingerprint density at radius 1 is 1.59 bits per heavy atom. The third kappa shape index (κ3) is 3.04. The Labute approximate surface area is 107 Å². The van der Waals surface area contributed by atoms with Gasteiger partial charge in [-0.25, -0.2) is 4.39 Å². The molecule has 0 spiro atoms. The molecule has 1 fully saturated rings. The fraction of sp³-hybridized carbons (Fsp3) is 0.417. The molecular formula is C12H13BrFNO2. The van der Waals surface area contributed by atoms with Gasteiger partial charge in [-0.2, -0.15) is 0 Å². The topological polar surface area (TPSA) is 40.5 Å². The molecule has 92 valence electrons. The molecule has 0 saturated carbocycles. The van der Waals surface area contributed by atoms with Crippen molar-refractivity contribution in [3.05, 3.63) is 34.1 Å². The number of aliphatic carboxylic acids is 1. The highest BCUT2D eigenvalue weighted by Crippen LogP contribution is 2.23. The quantitative estimate of drug-likeness (QED) is 0.932. The molecule has 0 radical (unpaired) electrons. The van der Waals surface area contributed by atoms with Crippen molar-refractivity contribution in [3.8, 4) is 0 Å². The fourth-order valence-electron chi connectivity index (χ4n) is 2.08. The van der Waals surface area contributed by atoms with Crippen molar-refractivity contribution in [2.24, 2.45) is 5.92 Å². The van der Waals surface area contributed by atoms with Gasteiger partial charge in [0.25, 0.3) is 0 Å². The molecule has 0 aliphatic carbocycles. The van der Waals surface area contributed by atoms with Crippen LogP contribution in [0.2, 0.25) is 0 Å². The average Bonchev–Trinajstić information content (AvgIpc) is 2.72. The van der Waals surface area contributed by atoms with E-state index in [0.29, 0.717) is 19.5 Å². The number of carboxylic acids is 1. The summed E-state index contributed by atoms with van der Waals surface area (Å²) in [5.41, 5.74) is 0.857. The van der Waals surface area contributed by atoms with Crippen LogP contribution in [0.5, 0.6) is 0 Å². The molecule has 1 saturated heterocycles. The summed E-state index contributed by atoms with van der Waals surface area (Å²) in [5, 5.41) is 8.90. The second-order valence-corrected chi connectivity index (χ2v) is 5.15. The molecule has 0 amide bonds. The summed E-state index contributed by atoms with van der Waals surface area (Å²) in [4.78, 5) is 12.9. The molecule has 1 aliphatic rings. The molecule has 0 bridgehead atoms. The molecular weight excluding hydrogens is 289 g/mol. The van der Waals surface area contributed by atoms with Gasteiger partial charge in [0.15, 0.2) is 0 Å². The minimum absolute atomic E-state index is 0.266. The van der Waals surface area contributed by atoms with E-state index < -0.39 is 5.97 Å². The first-order valence-electron chi connectivity index (χ1n) is 5.45. The van der Waals surface area contributed by atoms with Gasteiger partial charge in [0.2, 0.25) is 0 Å². The standard InChI is InChI=1S/C12H13BrFNO2/c13-11-2-1-10(14)5-9(11)7-15-4-3-8(6-15)12(16)17/h1-2,5,8H,3-4,6-7H2,(H,16,17)/t8-/m0/s1. The number of hydrogen-bond donors (Lipinski definition) is 1. The van der Waals surface area contributed by atoms with E-state index in [-0.39, 0.29) is 11.7 Å². The van der Waals surface area contributed by atoms with E-state index in [2.05, 4.69) is 15.9 Å². The Hall–Kier alpha value is -0.940. The molecule has 1 aliphatic heterocycles. The Balaban J connectivity index is 2.02. The van der Waals surface area contributed by atoms with Crippen LogP contribution in [0.1, 0.15) is 12.0 Å². The van der Waals surface area contributed by atoms with Gasteiger partial charge in [-0.15, -0.1) is 0 Å². The predicted molar refractivity (Wildman–Crippen MR) is 65.1 cm³/mol. The third-order valence-electron chi connectivity index (χ3n) is 3.02. The highest BCUT2D eigenvalue weighted by atomic mass is 79.9. The normalized spacial score (nSPS) is 20.7. The van der Waals surface area contributed by atoms with Gasteiger partial charge in [0, 0.05) is 17.6 Å². The lowest BCUT2D eigenvalue weighted by Crippen LogP contribution is -2.23. The van der Waals surface area contributed by atoms with E-state index in [9.17, 15) is 9.18 Å². The summed E-state index contributed by atoms with van der Waals surface area (Å²) in [6, 6.07) is 4.56. The van der Waals surface area contributed by atoms with Gasteiger partial charge in [-0.1, -0.05) is 15.9 Å². The number of rotatable bonds is 3. The van der Waals surface area contributed by atoms with Crippen LogP contribution >= 0.6 is 15.9 Å². The lowest BCUT2D eigenvalue weighted by Gasteiger charge is -2.16. The van der Waals surface area contributed by atoms with Crippen LogP contribution in [0.4, 0.5) is 4.39 Å². The van der Waals surface area contributed by atoms with E-state index in [1.807, 2.05) is 4.90 Å². The molecule has 5 heteroatoms. The van der Waals surface area contributed by atoms with Crippen LogP contribution in [-0.4, -0.2) is 29.1 Å². The lowest BCUT2D eigenvalue weighted by molar-refractivity contribution is -0.141. The van der Waals surface area contributed by atoms with E-state index >= 15 is 0 Å². The number of benzene rings is 1. The van der Waals surface area contributed by atoms with Crippen molar-refractivity contribution in [2.75, 3.05) is 13.1 Å². The predicted octanol–water partition coefficient (Wildman–Crippen LogP) is 2.49. The molecule has 0 unspecified atom stereocenters. The molecule has 0 aromatic heterocycles. The number of carboxylic acid groups (broad SMARTS) is 1. The number of halogens is 2. The molecule has 1 atom stereocenters. The van der Waals surface area contributed by atoms with Gasteiger partial charge < -0.3 is 5.11 Å². The van der Waals surface area contributed by atoms with E-state index in [1.54, 1.807) is 6.07 Å². The van der Waals surface area contributed by atoms with Crippen molar-refractivity contribution < 1.29 is 14.3 Å². The SMILES string of the molecule is O=C(O)[C@H]1CCN(Cc2cc(F)ccc2Br)C1. The Bertz CT molecular complexity index is 439. The molecule has 1 aromatic carbocycles. The first-order valence-corrected chi connectivity index (χ1v) is 6.24. The van der Waals surface area contributed by atoms with Crippen molar-refractivity contribution in [1.29, 1.82) is 0 Å². The summed E-state index contributed by atoms with van der Waals surface area (Å²) in [6.07, 6.45) is 0.669. The van der Waals surface area contributed by atoms with E-state index in [0.717, 1.165) is 16.6 Å². The average molecular weight is 302 g/mol. The molecule has 1 heterocycles. The summed E-state index contributed by atoms with van der Waals surface area (Å²) >= 11 is 3.37. The highest BCUT2D eigenvalue weighted by molar-refractivity contribution is 9.10. The van der Waals surface area contributed by atoms with Crippen LogP contribution < -0.4 is 0 Å². The van der Waals surface area contributed by atoms with Gasteiger partial charge in [-0.3, -0.25) is 9.69 Å². The number of carbonyl (C=O) groups is 1. The van der Waals surface area contributed by atoms with Gasteiger partial charge in [0.05, 0.1) is 5.92 Å². The second kappa shape index (κ2) is 5.14. The molecule has 17 heavy (non-hydrogen) atoms. The van der Waals surface area contributed by atoms with Crippen molar-refractivity contribution in [2.45, 2.75) is 13.0 Å². The second-order valence-electron chi connectivity index (χ2n) is 4.29. The Kier molecular flexibility index (Phi) is 3.79. The zero-order valence-corrected chi connectivity index (χ0v) is 10.8. The smallest absolute Gasteiger partial charge is 0.307 e. The summed E-state index contributed by atoms with van der Waals surface area (Å²) in [5.74, 6) is -1.30. The summed E-state index contributed by atoms with van der Waals surface area (Å²) in [6.45, 7) is 1.88. The summed E-state index contributed by atoms with van der Waals surface area (Å²) in [7, 11) is 0. The van der Waals surface area contributed by atoms with Crippen LogP contribution in [0.25, 0.3) is 0 Å². The van der Waals surface area contributed by atoms with E-state index in [4.69, 9.17) is 5.11 Å². The Morgan fingerprint density at radius 3 is 3.00 bits per heavy atom. The van der Waals surface area contributed by atoms with Crippen molar-refractivity contribution in [3.63, 3.8) is 0 Å². The lowest BCUT2D eigenvalue weighted by atomic mass is 10.1. The minimum Gasteiger partial charge on any atom is -0.481 e. The maximum absolute atomic E-state index is 13.1. The first-order chi connectivity index (χ1) is 8.06. The Morgan fingerprint density at radius 2 is 2.35 bits per heavy atom. The number of hydrogen-bond acceptors (Lipinski definition) is 2. The van der Waals surface area contributed by atoms with Gasteiger partial charge in [-0.05, 0) is 36.7 Å². The van der Waals surface area contributed by atoms with Crippen LogP contribution in [0.3, 0.4) is 0 Å². The fourth-order valence-corrected chi connectivity index (χ4v) is 2.46. The van der Waals surface area contributed by atoms with Crippen LogP contribution in [-0.2, 0) is 11.3 Å². The van der Waals surface area contributed by atoms with Crippen LogP contribution in [0.15, 0.2) is 22.7 Å². The van der Waals surface area contributed by atoms with Crippen LogP contribution in [0, 0.1) is 11.7 Å². The molecule has 2 rings (SSSR count). The maximum Gasteiger partial charge on any atom is 0.307 e. The van der Waals surface area contributed by atoms with Gasteiger partial charge >= 0.3 is 5.97 Å². The molecule has 1 N–H and O–H groups in total. The largest absolute Gasteiger partial charge is 0.481 e. The zero-order valence-electron chi connectivity index (χ0n) is 9.20. The maximum atomic E-state index is 13.1. The van der Waals surface area contributed by atoms with Crippen molar-refractivity contribution in [1.82, 2.24) is 4.90 Å². The molecule has 3 nitrogen and oxygen atoms in total. The van der Waals surface area contributed by atoms with E-state index in [1.165, 1.54) is 12.1 Å². The number of nitrogens with zero attached hydrogens (tertiary/aromatic N) is 1. The minimum atomic E-state index is -0.745. The van der Waals surface area contributed by atoms with Crippen molar-refractivity contribution >= 4 is 21.9 Å². The highest BCUT2D eigenvalue weighted by Gasteiger charge is 2.28. The molecule has 1 aromatic rings. The third-order valence-corrected chi connectivity index (χ3v) is 3.80.